The predicted molar refractivity (Wildman–Crippen MR) is 91.8 cm³/mol. The van der Waals surface area contributed by atoms with Gasteiger partial charge in [0.1, 0.15) is 11.5 Å². The molecular weight excluding hydrogens is 334 g/mol. The van der Waals surface area contributed by atoms with Crippen molar-refractivity contribution in [3.8, 4) is 11.5 Å². The molecule has 0 aromatic heterocycles. The molecule has 0 aliphatic carbocycles. The van der Waals surface area contributed by atoms with Crippen molar-refractivity contribution in [1.82, 2.24) is 4.72 Å². The quantitative estimate of drug-likeness (QED) is 0.776. The second kappa shape index (κ2) is 7.72. The highest BCUT2D eigenvalue weighted by atomic mass is 32.2. The number of hydrogen-bond donors (Lipinski definition) is 1. The van der Waals surface area contributed by atoms with Crippen LogP contribution in [0.15, 0.2) is 52.3 Å². The van der Waals surface area contributed by atoms with Gasteiger partial charge in [-0.1, -0.05) is 6.07 Å². The van der Waals surface area contributed by atoms with Crippen LogP contribution in [0.2, 0.25) is 0 Å². The van der Waals surface area contributed by atoms with Crippen LogP contribution in [0.1, 0.15) is 5.56 Å². The summed E-state index contributed by atoms with van der Waals surface area (Å²) in [6.07, 6.45) is 1.94. The van der Waals surface area contributed by atoms with Crippen molar-refractivity contribution in [2.75, 3.05) is 20.5 Å². The van der Waals surface area contributed by atoms with Gasteiger partial charge in [0.15, 0.2) is 0 Å². The first kappa shape index (κ1) is 17.7. The highest BCUT2D eigenvalue weighted by Crippen LogP contribution is 2.25. The van der Waals surface area contributed by atoms with Gasteiger partial charge in [-0.3, -0.25) is 0 Å². The molecule has 7 heteroatoms. The van der Waals surface area contributed by atoms with Gasteiger partial charge in [-0.25, -0.2) is 13.1 Å². The number of nitrogens with one attached hydrogen (secondary N) is 1. The summed E-state index contributed by atoms with van der Waals surface area (Å²) < 4.78 is 37.7. The smallest absolute Gasteiger partial charge is 0.240 e. The summed E-state index contributed by atoms with van der Waals surface area (Å²) in [5.74, 6) is 1.23. The summed E-state index contributed by atoms with van der Waals surface area (Å²) in [6.45, 7) is 0.139. The Kier molecular flexibility index (Phi) is 5.92. The minimum Gasteiger partial charge on any atom is -0.497 e. The average molecular weight is 353 g/mol. The van der Waals surface area contributed by atoms with Gasteiger partial charge >= 0.3 is 0 Å². The van der Waals surface area contributed by atoms with E-state index in [-0.39, 0.29) is 11.4 Å². The van der Waals surface area contributed by atoms with Crippen molar-refractivity contribution in [2.45, 2.75) is 16.3 Å². The van der Waals surface area contributed by atoms with E-state index >= 15 is 0 Å². The molecule has 0 atom stereocenters. The number of sulfonamides is 1. The van der Waals surface area contributed by atoms with Crippen molar-refractivity contribution in [2.24, 2.45) is 0 Å². The van der Waals surface area contributed by atoms with Gasteiger partial charge in [0.25, 0.3) is 0 Å². The fourth-order valence-corrected chi connectivity index (χ4v) is 3.42. The van der Waals surface area contributed by atoms with E-state index in [0.29, 0.717) is 11.5 Å². The largest absolute Gasteiger partial charge is 0.497 e. The molecule has 0 saturated carbocycles. The Labute approximate surface area is 141 Å². The molecule has 0 bridgehead atoms. The van der Waals surface area contributed by atoms with E-state index in [1.54, 1.807) is 61.3 Å². The lowest BCUT2D eigenvalue weighted by Crippen LogP contribution is -2.23. The SMILES string of the molecule is COc1ccc(CNS(=O)(=O)c2ccc(SC)cc2)c(OC)c1. The van der Waals surface area contributed by atoms with E-state index in [1.807, 2.05) is 6.26 Å². The number of benzene rings is 2. The predicted octanol–water partition coefficient (Wildman–Crippen LogP) is 2.90. The van der Waals surface area contributed by atoms with Crippen LogP contribution < -0.4 is 14.2 Å². The van der Waals surface area contributed by atoms with E-state index in [9.17, 15) is 8.42 Å². The van der Waals surface area contributed by atoms with E-state index in [4.69, 9.17) is 9.47 Å². The van der Waals surface area contributed by atoms with Crippen molar-refractivity contribution >= 4 is 21.8 Å². The Hall–Kier alpha value is -1.70. The maximum absolute atomic E-state index is 12.3. The van der Waals surface area contributed by atoms with Gasteiger partial charge in [0.2, 0.25) is 10.0 Å². The van der Waals surface area contributed by atoms with Crippen LogP contribution in [0.3, 0.4) is 0 Å². The number of methoxy groups -OCH3 is 2. The van der Waals surface area contributed by atoms with Gasteiger partial charge < -0.3 is 9.47 Å². The first-order valence-electron chi connectivity index (χ1n) is 6.85. The second-order valence-electron chi connectivity index (χ2n) is 4.68. The minimum atomic E-state index is -3.57. The highest BCUT2D eigenvalue weighted by molar-refractivity contribution is 7.98. The first-order valence-corrected chi connectivity index (χ1v) is 9.55. The molecule has 5 nitrogen and oxygen atoms in total. The molecule has 124 valence electrons. The Balaban J connectivity index is 2.15. The van der Waals surface area contributed by atoms with Crippen LogP contribution in [-0.2, 0) is 16.6 Å². The Morgan fingerprint density at radius 2 is 1.74 bits per heavy atom. The van der Waals surface area contributed by atoms with Crippen molar-refractivity contribution < 1.29 is 17.9 Å². The van der Waals surface area contributed by atoms with Gasteiger partial charge in [-0.15, -0.1) is 11.8 Å². The maximum Gasteiger partial charge on any atom is 0.240 e. The lowest BCUT2D eigenvalue weighted by atomic mass is 10.2. The average Bonchev–Trinajstić information content (AvgIpc) is 2.59. The molecule has 0 unspecified atom stereocenters. The van der Waals surface area contributed by atoms with E-state index in [0.717, 1.165) is 10.5 Å². The molecule has 0 saturated heterocycles. The van der Waals surface area contributed by atoms with Crippen LogP contribution in [-0.4, -0.2) is 28.9 Å². The highest BCUT2D eigenvalue weighted by Gasteiger charge is 2.15. The van der Waals surface area contributed by atoms with Crippen molar-refractivity contribution in [3.63, 3.8) is 0 Å². The molecule has 0 spiro atoms. The van der Waals surface area contributed by atoms with Gasteiger partial charge in [-0.05, 0) is 36.6 Å². The molecule has 0 amide bonds. The molecule has 0 fully saturated rings. The van der Waals surface area contributed by atoms with Crippen LogP contribution in [0.25, 0.3) is 0 Å². The number of thioether (sulfide) groups is 1. The topological polar surface area (TPSA) is 64.6 Å². The monoisotopic (exact) mass is 353 g/mol. The third kappa shape index (κ3) is 4.40. The van der Waals surface area contributed by atoms with Gasteiger partial charge in [0, 0.05) is 23.1 Å². The third-order valence-corrected chi connectivity index (χ3v) is 5.48. The molecular formula is C16H19NO4S2. The fraction of sp³-hybridized carbons (Fsp3) is 0.250. The molecule has 0 radical (unpaired) electrons. The zero-order chi connectivity index (χ0) is 16.9. The van der Waals surface area contributed by atoms with Crippen LogP contribution in [0.5, 0.6) is 11.5 Å². The molecule has 0 heterocycles. The van der Waals surface area contributed by atoms with Crippen molar-refractivity contribution in [3.05, 3.63) is 48.0 Å². The summed E-state index contributed by atoms with van der Waals surface area (Å²) >= 11 is 1.56. The molecule has 0 aliphatic heterocycles. The normalized spacial score (nSPS) is 11.3. The lowest BCUT2D eigenvalue weighted by Gasteiger charge is -2.12. The van der Waals surface area contributed by atoms with Gasteiger partial charge in [-0.2, -0.15) is 0 Å². The Bertz CT molecular complexity index is 758. The van der Waals surface area contributed by atoms with Crippen LogP contribution in [0.4, 0.5) is 0 Å². The standard InChI is InChI=1S/C16H19NO4S2/c1-20-13-5-4-12(16(10-13)21-2)11-17-23(18,19)15-8-6-14(22-3)7-9-15/h4-10,17H,11H2,1-3H3. The zero-order valence-electron chi connectivity index (χ0n) is 13.2. The lowest BCUT2D eigenvalue weighted by molar-refractivity contribution is 0.390. The molecule has 2 aromatic rings. The third-order valence-electron chi connectivity index (χ3n) is 3.32. The van der Waals surface area contributed by atoms with Crippen LogP contribution in [0, 0.1) is 0 Å². The molecule has 2 rings (SSSR count). The first-order chi connectivity index (χ1) is 11.0. The van der Waals surface area contributed by atoms with Crippen LogP contribution >= 0.6 is 11.8 Å². The summed E-state index contributed by atoms with van der Waals surface area (Å²) in [7, 11) is -0.470. The second-order valence-corrected chi connectivity index (χ2v) is 7.32. The Morgan fingerprint density at radius 3 is 2.30 bits per heavy atom. The minimum absolute atomic E-state index is 0.139. The van der Waals surface area contributed by atoms with Crippen molar-refractivity contribution in [1.29, 1.82) is 0 Å². The zero-order valence-corrected chi connectivity index (χ0v) is 14.8. The summed E-state index contributed by atoms with van der Waals surface area (Å²) in [5, 5.41) is 0. The fourth-order valence-electron chi connectivity index (χ4n) is 2.01. The maximum atomic E-state index is 12.3. The summed E-state index contributed by atoms with van der Waals surface area (Å²) in [4.78, 5) is 1.25. The molecule has 1 N–H and O–H groups in total. The van der Waals surface area contributed by atoms with E-state index < -0.39 is 10.0 Å². The van der Waals surface area contributed by atoms with E-state index in [1.165, 1.54) is 7.11 Å². The number of ether oxygens (including phenoxy) is 2. The number of rotatable bonds is 7. The summed E-state index contributed by atoms with van der Waals surface area (Å²) in [5.41, 5.74) is 0.734. The molecule has 2 aromatic carbocycles. The van der Waals surface area contributed by atoms with Gasteiger partial charge in [0.05, 0.1) is 19.1 Å². The number of hydrogen-bond acceptors (Lipinski definition) is 5. The molecule has 0 aliphatic rings. The summed E-state index contributed by atoms with van der Waals surface area (Å²) in [6, 6.07) is 12.0. The van der Waals surface area contributed by atoms with E-state index in [2.05, 4.69) is 4.72 Å². The molecule has 23 heavy (non-hydrogen) atoms. The Morgan fingerprint density at radius 1 is 1.04 bits per heavy atom.